The number of nitrogens with zero attached hydrogens (tertiary/aromatic N) is 1. The van der Waals surface area contributed by atoms with Gasteiger partial charge in [0, 0.05) is 12.1 Å². The van der Waals surface area contributed by atoms with Crippen LogP contribution >= 0.6 is 0 Å². The zero-order valence-corrected chi connectivity index (χ0v) is 6.85. The van der Waals surface area contributed by atoms with Gasteiger partial charge in [-0.15, -0.1) is 0 Å². The molecule has 0 aromatic carbocycles. The van der Waals surface area contributed by atoms with Gasteiger partial charge in [-0.25, -0.2) is 4.98 Å². The van der Waals surface area contributed by atoms with Gasteiger partial charge in [0.15, 0.2) is 0 Å². The molecule has 3 nitrogen and oxygen atoms in total. The summed E-state index contributed by atoms with van der Waals surface area (Å²) in [6, 6.07) is 0. The molecule has 1 aliphatic heterocycles. The van der Waals surface area contributed by atoms with E-state index >= 15 is 0 Å². The van der Waals surface area contributed by atoms with Gasteiger partial charge in [-0.05, 0) is 13.8 Å². The number of imidazole rings is 1. The molecule has 0 amide bonds. The van der Waals surface area contributed by atoms with E-state index in [0.29, 0.717) is 0 Å². The van der Waals surface area contributed by atoms with E-state index in [1.54, 1.807) is 0 Å². The molecule has 2 heterocycles. The van der Waals surface area contributed by atoms with Crippen molar-refractivity contribution in [3.8, 4) is 0 Å². The summed E-state index contributed by atoms with van der Waals surface area (Å²) in [5, 5.41) is 0. The monoisotopic (exact) mass is 152 g/mol. The molecular formula is C8H12N2O. The van der Waals surface area contributed by atoms with Crippen molar-refractivity contribution < 1.29 is 4.74 Å². The van der Waals surface area contributed by atoms with Gasteiger partial charge < -0.3 is 9.72 Å². The van der Waals surface area contributed by atoms with Crippen LogP contribution in [0.2, 0.25) is 0 Å². The first-order valence-corrected chi connectivity index (χ1v) is 3.94. The number of rotatable bonds is 0. The predicted molar refractivity (Wildman–Crippen MR) is 41.4 cm³/mol. The Kier molecular flexibility index (Phi) is 1.46. The van der Waals surface area contributed by atoms with Crippen molar-refractivity contribution in [1.29, 1.82) is 0 Å². The maximum Gasteiger partial charge on any atom is 0.103 e. The Balaban J connectivity index is 2.43. The van der Waals surface area contributed by atoms with Crippen LogP contribution in [0.15, 0.2) is 0 Å². The number of aromatic amines is 1. The molecule has 0 saturated heterocycles. The number of H-pyrrole nitrogens is 1. The number of hydrogen-bond acceptors (Lipinski definition) is 2. The van der Waals surface area contributed by atoms with Crippen molar-refractivity contribution >= 4 is 0 Å². The van der Waals surface area contributed by atoms with Gasteiger partial charge in [-0.2, -0.15) is 0 Å². The van der Waals surface area contributed by atoms with E-state index in [1.807, 2.05) is 13.8 Å². The number of hydrogen-bond donors (Lipinski definition) is 1. The third kappa shape index (κ3) is 1.05. The van der Waals surface area contributed by atoms with Crippen LogP contribution in [-0.2, 0) is 11.2 Å². The van der Waals surface area contributed by atoms with Crippen LogP contribution in [0.25, 0.3) is 0 Å². The highest BCUT2D eigenvalue weighted by Crippen LogP contribution is 2.23. The molecule has 0 spiro atoms. The molecule has 1 aliphatic rings. The molecule has 0 bridgehead atoms. The van der Waals surface area contributed by atoms with Gasteiger partial charge in [-0.1, -0.05) is 0 Å². The van der Waals surface area contributed by atoms with Crippen LogP contribution in [0.3, 0.4) is 0 Å². The fourth-order valence-corrected chi connectivity index (χ4v) is 1.50. The first-order valence-electron chi connectivity index (χ1n) is 3.94. The minimum Gasteiger partial charge on any atom is -0.372 e. The second kappa shape index (κ2) is 2.34. The Morgan fingerprint density at radius 3 is 3.18 bits per heavy atom. The molecule has 1 atom stereocenters. The van der Waals surface area contributed by atoms with E-state index < -0.39 is 0 Å². The van der Waals surface area contributed by atoms with Gasteiger partial charge in [0.1, 0.15) is 5.82 Å². The summed E-state index contributed by atoms with van der Waals surface area (Å²) in [6.07, 6.45) is 1.14. The topological polar surface area (TPSA) is 37.9 Å². The van der Waals surface area contributed by atoms with Crippen molar-refractivity contribution in [1.82, 2.24) is 9.97 Å². The summed E-state index contributed by atoms with van der Waals surface area (Å²) in [5.41, 5.74) is 2.34. The second-order valence-electron chi connectivity index (χ2n) is 2.95. The Bertz CT molecular complexity index is 267. The largest absolute Gasteiger partial charge is 0.372 e. The molecule has 11 heavy (non-hydrogen) atoms. The van der Waals surface area contributed by atoms with Crippen molar-refractivity contribution in [3.05, 3.63) is 17.2 Å². The quantitative estimate of drug-likeness (QED) is 0.609. The molecule has 0 saturated carbocycles. The van der Waals surface area contributed by atoms with Crippen LogP contribution in [0.1, 0.15) is 30.2 Å². The Labute approximate surface area is 65.8 Å². The van der Waals surface area contributed by atoms with Crippen molar-refractivity contribution in [2.75, 3.05) is 6.61 Å². The van der Waals surface area contributed by atoms with E-state index in [-0.39, 0.29) is 6.10 Å². The SMILES string of the molecule is Cc1nc2c([nH]1)CCOC2C. The van der Waals surface area contributed by atoms with Gasteiger partial charge in [-0.3, -0.25) is 0 Å². The van der Waals surface area contributed by atoms with Gasteiger partial charge in [0.05, 0.1) is 18.4 Å². The standard InChI is InChI=1S/C8H12N2O/c1-5-8-7(3-4-11-5)9-6(2)10-8/h5H,3-4H2,1-2H3,(H,9,10). The maximum absolute atomic E-state index is 5.44. The van der Waals surface area contributed by atoms with Crippen molar-refractivity contribution in [3.63, 3.8) is 0 Å². The number of nitrogens with one attached hydrogen (secondary N) is 1. The summed E-state index contributed by atoms with van der Waals surface area (Å²) in [4.78, 5) is 7.59. The summed E-state index contributed by atoms with van der Waals surface area (Å²) in [6.45, 7) is 4.83. The molecule has 0 fully saturated rings. The van der Waals surface area contributed by atoms with E-state index in [0.717, 1.165) is 24.5 Å². The Hall–Kier alpha value is -0.830. The molecular weight excluding hydrogens is 140 g/mol. The van der Waals surface area contributed by atoms with Gasteiger partial charge >= 0.3 is 0 Å². The maximum atomic E-state index is 5.44. The summed E-state index contributed by atoms with van der Waals surface area (Å²) < 4.78 is 5.44. The molecule has 2 rings (SSSR count). The van der Waals surface area contributed by atoms with E-state index in [9.17, 15) is 0 Å². The third-order valence-corrected chi connectivity index (χ3v) is 2.03. The molecule has 60 valence electrons. The number of aromatic nitrogens is 2. The zero-order chi connectivity index (χ0) is 7.84. The van der Waals surface area contributed by atoms with Gasteiger partial charge in [0.2, 0.25) is 0 Å². The normalized spacial score (nSPS) is 23.3. The molecule has 0 radical (unpaired) electrons. The third-order valence-electron chi connectivity index (χ3n) is 2.03. The van der Waals surface area contributed by atoms with Gasteiger partial charge in [0.25, 0.3) is 0 Å². The lowest BCUT2D eigenvalue weighted by Crippen LogP contribution is -2.13. The smallest absolute Gasteiger partial charge is 0.103 e. The van der Waals surface area contributed by atoms with Crippen LogP contribution in [-0.4, -0.2) is 16.6 Å². The molecule has 1 aromatic rings. The van der Waals surface area contributed by atoms with Crippen LogP contribution in [0.4, 0.5) is 0 Å². The fourth-order valence-electron chi connectivity index (χ4n) is 1.50. The molecule has 3 heteroatoms. The highest BCUT2D eigenvalue weighted by molar-refractivity contribution is 5.18. The Morgan fingerprint density at radius 1 is 1.64 bits per heavy atom. The fraction of sp³-hybridized carbons (Fsp3) is 0.625. The molecule has 1 unspecified atom stereocenters. The average molecular weight is 152 g/mol. The summed E-state index contributed by atoms with van der Waals surface area (Å²) >= 11 is 0. The van der Waals surface area contributed by atoms with E-state index in [2.05, 4.69) is 9.97 Å². The number of fused-ring (bicyclic) bond motifs is 1. The predicted octanol–water partition coefficient (Wildman–Crippen LogP) is 1.35. The first-order chi connectivity index (χ1) is 5.27. The highest BCUT2D eigenvalue weighted by Gasteiger charge is 2.19. The van der Waals surface area contributed by atoms with Crippen LogP contribution < -0.4 is 0 Å². The number of aryl methyl sites for hydroxylation is 1. The molecule has 1 aromatic heterocycles. The van der Waals surface area contributed by atoms with Crippen molar-refractivity contribution in [2.45, 2.75) is 26.4 Å². The lowest BCUT2D eigenvalue weighted by molar-refractivity contribution is 0.0521. The highest BCUT2D eigenvalue weighted by atomic mass is 16.5. The zero-order valence-electron chi connectivity index (χ0n) is 6.85. The first kappa shape index (κ1) is 6.85. The lowest BCUT2D eigenvalue weighted by atomic mass is 10.1. The molecule has 0 aliphatic carbocycles. The average Bonchev–Trinajstić information content (AvgIpc) is 2.31. The number of ether oxygens (including phenoxy) is 1. The summed E-state index contributed by atoms with van der Waals surface area (Å²) in [7, 11) is 0. The summed E-state index contributed by atoms with van der Waals surface area (Å²) in [5.74, 6) is 0.993. The molecule has 1 N–H and O–H groups in total. The lowest BCUT2D eigenvalue weighted by Gasteiger charge is -2.17. The minimum atomic E-state index is 0.170. The van der Waals surface area contributed by atoms with E-state index in [1.165, 1.54) is 5.69 Å². The van der Waals surface area contributed by atoms with E-state index in [4.69, 9.17) is 4.74 Å². The minimum absolute atomic E-state index is 0.170. The Morgan fingerprint density at radius 2 is 2.45 bits per heavy atom. The second-order valence-corrected chi connectivity index (χ2v) is 2.95. The van der Waals surface area contributed by atoms with Crippen molar-refractivity contribution in [2.24, 2.45) is 0 Å². The van der Waals surface area contributed by atoms with Crippen LogP contribution in [0.5, 0.6) is 0 Å². The van der Waals surface area contributed by atoms with Crippen LogP contribution in [0, 0.1) is 6.92 Å².